The van der Waals surface area contributed by atoms with Crippen molar-refractivity contribution in [2.45, 2.75) is 58.3 Å². The van der Waals surface area contributed by atoms with E-state index in [1.165, 1.54) is 20.3 Å². The number of aromatic nitrogens is 3. The third kappa shape index (κ3) is 15.2. The number of hydrogen-bond donors (Lipinski definition) is 6. The number of ketones is 1. The van der Waals surface area contributed by atoms with Crippen LogP contribution in [0.1, 0.15) is 61.4 Å². The Balaban J connectivity index is 1.23. The Morgan fingerprint density at radius 1 is 0.766 bits per heavy atom. The van der Waals surface area contributed by atoms with E-state index in [2.05, 4.69) is 56.4 Å². The quantitative estimate of drug-likeness (QED) is 0.0349. The second kappa shape index (κ2) is 26.1. The molecule has 1 aliphatic carbocycles. The number of carbonyl (C=O) groups excluding carboxylic acids is 6. The predicted molar refractivity (Wildman–Crippen MR) is 251 cm³/mol. The van der Waals surface area contributed by atoms with Gasteiger partial charge in [0.15, 0.2) is 5.78 Å². The highest BCUT2D eigenvalue weighted by Gasteiger charge is 2.26. The number of H-pyrrole nitrogens is 2. The zero-order valence-corrected chi connectivity index (χ0v) is 37.9. The van der Waals surface area contributed by atoms with Crippen LogP contribution in [0.25, 0.3) is 16.5 Å². The first-order valence-corrected chi connectivity index (χ1v) is 22.9. The lowest BCUT2D eigenvalue weighted by atomic mass is 10.0. The van der Waals surface area contributed by atoms with Crippen LogP contribution in [0.5, 0.6) is 0 Å². The highest BCUT2D eigenvalue weighted by molar-refractivity contribution is 7.80. The minimum atomic E-state index is -0.392. The average Bonchev–Trinajstić information content (AvgIpc) is 4.08. The number of aromatic amines is 2. The first kappa shape index (κ1) is 49.2. The molecule has 1 aliphatic rings. The van der Waals surface area contributed by atoms with Gasteiger partial charge in [0, 0.05) is 93.3 Å². The van der Waals surface area contributed by atoms with Gasteiger partial charge in [-0.2, -0.15) is 12.6 Å². The van der Waals surface area contributed by atoms with Crippen LogP contribution in [-0.2, 0) is 48.0 Å². The van der Waals surface area contributed by atoms with Crippen molar-refractivity contribution in [3.8, 4) is 0 Å². The van der Waals surface area contributed by atoms with Gasteiger partial charge in [0.25, 0.3) is 0 Å². The van der Waals surface area contributed by atoms with Gasteiger partial charge >= 0.3 is 0 Å². The maximum Gasteiger partial charge on any atom is 0.242 e. The fraction of sp³-hybridized carbons (Fsp3) is 0.468. The molecule has 64 heavy (non-hydrogen) atoms. The lowest BCUT2D eigenvalue weighted by Gasteiger charge is -2.28. The van der Waals surface area contributed by atoms with E-state index < -0.39 is 5.91 Å². The molecule has 2 heterocycles. The average molecular weight is 897 g/mol. The van der Waals surface area contributed by atoms with Crippen LogP contribution in [0.4, 0.5) is 0 Å². The maximum absolute atomic E-state index is 14.0. The molecule has 0 spiro atoms. The summed E-state index contributed by atoms with van der Waals surface area (Å²) in [6.45, 7) is 3.29. The third-order valence-electron chi connectivity index (χ3n) is 11.3. The number of rotatable bonds is 29. The SMILES string of the molecule is CCCN(CC(=O)NCCS)C(=O)CN(CCc1c[nH]c2ccccc12)C(=O)CCC(=O)CN(CCCN)C(=O)CN(CCC1=CCc2ccccc21)C(=O)CNCCc1cnc[nH]1. The van der Waals surface area contributed by atoms with Crippen molar-refractivity contribution in [2.75, 3.05) is 84.3 Å². The number of allylic oxidation sites excluding steroid dienone is 1. The van der Waals surface area contributed by atoms with Gasteiger partial charge in [0.1, 0.15) is 0 Å². The van der Waals surface area contributed by atoms with Crippen LogP contribution >= 0.6 is 12.6 Å². The highest BCUT2D eigenvalue weighted by atomic mass is 32.1. The first-order chi connectivity index (χ1) is 31.1. The van der Waals surface area contributed by atoms with Gasteiger partial charge in [0.2, 0.25) is 29.5 Å². The van der Waals surface area contributed by atoms with E-state index in [1.807, 2.05) is 49.5 Å². The molecule has 4 aromatic rings. The number of fused-ring (bicyclic) bond motifs is 2. The van der Waals surface area contributed by atoms with E-state index in [1.54, 1.807) is 17.4 Å². The van der Waals surface area contributed by atoms with Crippen molar-refractivity contribution < 1.29 is 28.8 Å². The number of para-hydroxylation sites is 1. The fourth-order valence-electron chi connectivity index (χ4n) is 7.76. The number of benzene rings is 2. The molecule has 16 nitrogen and oxygen atoms in total. The van der Waals surface area contributed by atoms with Gasteiger partial charge in [-0.3, -0.25) is 28.8 Å². The monoisotopic (exact) mass is 896 g/mol. The number of carbonyl (C=O) groups is 6. The molecule has 2 aromatic heterocycles. The van der Waals surface area contributed by atoms with E-state index in [9.17, 15) is 28.8 Å². The smallest absolute Gasteiger partial charge is 0.242 e. The number of imidazole rings is 1. The number of nitrogens with zero attached hydrogens (tertiary/aromatic N) is 5. The Kier molecular flexibility index (Phi) is 20.1. The van der Waals surface area contributed by atoms with Crippen molar-refractivity contribution in [2.24, 2.45) is 5.73 Å². The summed E-state index contributed by atoms with van der Waals surface area (Å²) in [5, 5.41) is 6.94. The summed E-state index contributed by atoms with van der Waals surface area (Å²) in [4.78, 5) is 97.8. The Hall–Kier alpha value is -5.78. The zero-order chi connectivity index (χ0) is 45.7. The normalized spacial score (nSPS) is 11.8. The largest absolute Gasteiger partial charge is 0.361 e. The molecule has 344 valence electrons. The summed E-state index contributed by atoms with van der Waals surface area (Å²) in [5.41, 5.74) is 12.2. The number of thiol groups is 1. The molecule has 5 rings (SSSR count). The van der Waals surface area contributed by atoms with Crippen molar-refractivity contribution in [1.82, 2.24) is 45.2 Å². The molecule has 0 fully saturated rings. The predicted octanol–water partition coefficient (Wildman–Crippen LogP) is 2.76. The van der Waals surface area contributed by atoms with Crippen LogP contribution in [0, 0.1) is 0 Å². The second-order valence-electron chi connectivity index (χ2n) is 16.0. The molecule has 17 heteroatoms. The maximum atomic E-state index is 14.0. The standard InChI is InChI=1S/C47H64N10O6S/c1-2-22-54(31-43(59)51-21-26-64)46(62)32-56(25-18-37-27-52-42-11-6-5-10-41(37)42)44(60)15-14-39(58)30-55(23-7-19-48)47(63)33-57(45(61)29-49-20-16-38-28-50-34-53-38)24-17-36-13-12-35-8-3-4-9-40(35)36/h3-6,8-11,13,27-28,34,49,52,64H,2,7,12,14-26,29-33,48H2,1H3,(H,50,53)(H,51,59). The molecule has 0 bridgehead atoms. The Bertz CT molecular complexity index is 2190. The summed E-state index contributed by atoms with van der Waals surface area (Å²) >= 11 is 4.14. The molecule has 0 saturated carbocycles. The van der Waals surface area contributed by atoms with Crippen LogP contribution in [0.3, 0.4) is 0 Å². The zero-order valence-electron chi connectivity index (χ0n) is 37.0. The van der Waals surface area contributed by atoms with Gasteiger partial charge in [-0.15, -0.1) is 0 Å². The van der Waals surface area contributed by atoms with Gasteiger partial charge in [0.05, 0.1) is 39.1 Å². The Labute approximate surface area is 381 Å². The molecule has 0 aliphatic heterocycles. The van der Waals surface area contributed by atoms with Crippen LogP contribution in [0.15, 0.2) is 73.3 Å². The third-order valence-corrected chi connectivity index (χ3v) is 11.5. The van der Waals surface area contributed by atoms with Crippen molar-refractivity contribution >= 4 is 64.4 Å². The summed E-state index contributed by atoms with van der Waals surface area (Å²) in [6.07, 6.45) is 10.6. The summed E-state index contributed by atoms with van der Waals surface area (Å²) in [5.74, 6) is -1.58. The van der Waals surface area contributed by atoms with Crippen molar-refractivity contribution in [1.29, 1.82) is 0 Å². The minimum Gasteiger partial charge on any atom is -0.361 e. The second-order valence-corrected chi connectivity index (χ2v) is 16.4. The molecule has 0 unspecified atom stereocenters. The topological polar surface area (TPSA) is 210 Å². The van der Waals surface area contributed by atoms with Gasteiger partial charge in [-0.25, -0.2) is 4.98 Å². The van der Waals surface area contributed by atoms with E-state index in [0.29, 0.717) is 64.0 Å². The highest BCUT2D eigenvalue weighted by Crippen LogP contribution is 2.29. The van der Waals surface area contributed by atoms with E-state index in [-0.39, 0.29) is 94.6 Å². The van der Waals surface area contributed by atoms with Crippen LogP contribution in [0.2, 0.25) is 0 Å². The Morgan fingerprint density at radius 3 is 2.23 bits per heavy atom. The lowest BCUT2D eigenvalue weighted by Crippen LogP contribution is -2.48. The summed E-state index contributed by atoms with van der Waals surface area (Å²) < 4.78 is 0. The van der Waals surface area contributed by atoms with Crippen molar-refractivity contribution in [3.63, 3.8) is 0 Å². The molecule has 6 N–H and O–H groups in total. The van der Waals surface area contributed by atoms with Gasteiger partial charge in [-0.1, -0.05) is 55.5 Å². The number of amides is 5. The molecule has 0 saturated heterocycles. The fourth-order valence-corrected chi connectivity index (χ4v) is 7.87. The number of nitrogens with one attached hydrogen (secondary N) is 4. The molecule has 0 radical (unpaired) electrons. The summed E-state index contributed by atoms with van der Waals surface area (Å²) in [6, 6.07) is 16.0. The first-order valence-electron chi connectivity index (χ1n) is 22.3. The van der Waals surface area contributed by atoms with Crippen LogP contribution in [-0.4, -0.2) is 154 Å². The Morgan fingerprint density at radius 2 is 1.48 bits per heavy atom. The molecular weight excluding hydrogens is 833 g/mol. The van der Waals surface area contributed by atoms with Gasteiger partial charge in [-0.05, 0) is 67.0 Å². The van der Waals surface area contributed by atoms with E-state index >= 15 is 0 Å². The van der Waals surface area contributed by atoms with E-state index in [4.69, 9.17) is 5.73 Å². The van der Waals surface area contributed by atoms with E-state index in [0.717, 1.165) is 39.7 Å². The molecule has 0 atom stereocenters. The van der Waals surface area contributed by atoms with Gasteiger partial charge < -0.3 is 45.9 Å². The minimum absolute atomic E-state index is 0.0274. The molecular formula is C47H64N10O6S. The number of nitrogens with two attached hydrogens (primary N) is 1. The van der Waals surface area contributed by atoms with Crippen LogP contribution < -0.4 is 16.4 Å². The summed E-state index contributed by atoms with van der Waals surface area (Å²) in [7, 11) is 0. The van der Waals surface area contributed by atoms with Crippen molar-refractivity contribution in [3.05, 3.63) is 95.7 Å². The number of Topliss-reactive ketones (excluding diaryl/α,β-unsaturated/α-hetero) is 1. The molecule has 2 aromatic carbocycles. The lowest BCUT2D eigenvalue weighted by molar-refractivity contribution is -0.143. The molecule has 5 amide bonds. The number of hydrogen-bond acceptors (Lipinski definition) is 10.